The van der Waals surface area contributed by atoms with E-state index in [1.165, 1.54) is 5.19 Å². The first kappa shape index (κ1) is 11.7. The molecule has 0 bridgehead atoms. The fourth-order valence-corrected chi connectivity index (χ4v) is 2.41. The highest BCUT2D eigenvalue weighted by atomic mass is 28.2. The van der Waals surface area contributed by atoms with Crippen molar-refractivity contribution in [2.75, 3.05) is 7.11 Å². The van der Waals surface area contributed by atoms with E-state index in [-0.39, 0.29) is 0 Å². The lowest BCUT2D eigenvalue weighted by atomic mass is 10.2. The monoisotopic (exact) mass is 238 g/mol. The maximum absolute atomic E-state index is 5.30. The van der Waals surface area contributed by atoms with Crippen LogP contribution in [0.15, 0.2) is 60.3 Å². The van der Waals surface area contributed by atoms with Gasteiger partial charge in [-0.3, -0.25) is 0 Å². The first-order chi connectivity index (χ1) is 8.40. The maximum Gasteiger partial charge on any atom is 0.126 e. The van der Waals surface area contributed by atoms with E-state index >= 15 is 0 Å². The molecule has 2 radical (unpaired) electrons. The highest BCUT2D eigenvalue weighted by Crippen LogP contribution is 2.18. The van der Waals surface area contributed by atoms with Crippen LogP contribution in [0.2, 0.25) is 0 Å². The smallest absolute Gasteiger partial charge is 0.126 e. The van der Waals surface area contributed by atoms with E-state index in [1.54, 1.807) is 7.11 Å². The number of ether oxygens (including phenoxy) is 1. The SMILES string of the molecule is COc1ccccc1/C=C\[Si]c1ccccc1. The molecule has 0 N–H and O–H groups in total. The fraction of sp³-hybridized carbons (Fsp3) is 0.0667. The molecule has 0 aliphatic carbocycles. The van der Waals surface area contributed by atoms with Gasteiger partial charge in [-0.15, -0.1) is 0 Å². The third-order valence-corrected chi connectivity index (χ3v) is 3.43. The van der Waals surface area contributed by atoms with Crippen LogP contribution in [-0.2, 0) is 0 Å². The van der Waals surface area contributed by atoms with Crippen LogP contribution in [-0.4, -0.2) is 16.6 Å². The van der Waals surface area contributed by atoms with Crippen LogP contribution in [0.1, 0.15) is 5.56 Å². The Bertz CT molecular complexity index is 491. The minimum absolute atomic E-state index is 0.692. The molecule has 0 fully saturated rings. The number of methoxy groups -OCH3 is 1. The Balaban J connectivity index is 2.06. The molecule has 0 atom stereocenters. The predicted octanol–water partition coefficient (Wildman–Crippen LogP) is 2.70. The summed E-state index contributed by atoms with van der Waals surface area (Å²) in [5, 5.41) is 1.35. The fourth-order valence-electron chi connectivity index (χ4n) is 1.57. The van der Waals surface area contributed by atoms with Crippen molar-refractivity contribution in [3.63, 3.8) is 0 Å². The van der Waals surface area contributed by atoms with Crippen molar-refractivity contribution in [3.8, 4) is 5.75 Å². The maximum atomic E-state index is 5.30. The number of hydrogen-bond acceptors (Lipinski definition) is 1. The van der Waals surface area contributed by atoms with Gasteiger partial charge in [-0.25, -0.2) is 0 Å². The van der Waals surface area contributed by atoms with Crippen molar-refractivity contribution in [3.05, 3.63) is 65.9 Å². The van der Waals surface area contributed by atoms with E-state index in [1.807, 2.05) is 24.3 Å². The summed E-state index contributed by atoms with van der Waals surface area (Å²) in [5.41, 5.74) is 3.31. The van der Waals surface area contributed by atoms with E-state index in [4.69, 9.17) is 4.74 Å². The minimum atomic E-state index is 0.692. The quantitative estimate of drug-likeness (QED) is 0.744. The Kier molecular flexibility index (Phi) is 4.16. The van der Waals surface area contributed by atoms with Crippen molar-refractivity contribution in [1.29, 1.82) is 0 Å². The van der Waals surface area contributed by atoms with Gasteiger partial charge >= 0.3 is 0 Å². The minimum Gasteiger partial charge on any atom is -0.496 e. The van der Waals surface area contributed by atoms with E-state index in [9.17, 15) is 0 Å². The van der Waals surface area contributed by atoms with Crippen molar-refractivity contribution in [2.45, 2.75) is 0 Å². The van der Waals surface area contributed by atoms with Crippen LogP contribution in [0, 0.1) is 0 Å². The van der Waals surface area contributed by atoms with E-state index < -0.39 is 0 Å². The molecule has 0 saturated carbocycles. The summed E-state index contributed by atoms with van der Waals surface area (Å²) in [6.07, 6.45) is 2.12. The van der Waals surface area contributed by atoms with Gasteiger partial charge in [0.25, 0.3) is 0 Å². The Morgan fingerprint density at radius 1 is 0.941 bits per heavy atom. The molecule has 0 aliphatic heterocycles. The van der Waals surface area contributed by atoms with E-state index in [0.29, 0.717) is 9.52 Å². The Morgan fingerprint density at radius 2 is 1.65 bits per heavy atom. The average molecular weight is 238 g/mol. The molecule has 0 heterocycles. The van der Waals surface area contributed by atoms with Gasteiger partial charge in [0.15, 0.2) is 0 Å². The summed E-state index contributed by atoms with van der Waals surface area (Å²) in [5.74, 6) is 0.918. The van der Waals surface area contributed by atoms with Crippen LogP contribution in [0.3, 0.4) is 0 Å². The topological polar surface area (TPSA) is 9.23 Å². The molecule has 2 aromatic rings. The lowest BCUT2D eigenvalue weighted by molar-refractivity contribution is 0.414. The number of benzene rings is 2. The van der Waals surface area contributed by atoms with Crippen LogP contribution in [0.25, 0.3) is 6.08 Å². The highest BCUT2D eigenvalue weighted by molar-refractivity contribution is 6.59. The number of para-hydroxylation sites is 1. The van der Waals surface area contributed by atoms with Crippen LogP contribution < -0.4 is 9.92 Å². The van der Waals surface area contributed by atoms with Crippen molar-refractivity contribution >= 4 is 20.8 Å². The molecule has 0 aromatic heterocycles. The first-order valence-electron chi connectivity index (χ1n) is 5.51. The molecule has 1 nitrogen and oxygen atoms in total. The lowest BCUT2D eigenvalue weighted by Crippen LogP contribution is -2.10. The average Bonchev–Trinajstić information content (AvgIpc) is 2.40. The molecule has 0 unspecified atom stereocenters. The first-order valence-corrected chi connectivity index (χ1v) is 6.59. The largest absolute Gasteiger partial charge is 0.496 e. The summed E-state index contributed by atoms with van der Waals surface area (Å²) >= 11 is 0. The van der Waals surface area contributed by atoms with E-state index in [0.717, 1.165) is 11.3 Å². The number of rotatable bonds is 4. The molecule has 0 spiro atoms. The molecular formula is C15H14OSi. The summed E-state index contributed by atoms with van der Waals surface area (Å²) in [7, 11) is 2.39. The molecule has 84 valence electrons. The lowest BCUT2D eigenvalue weighted by Gasteiger charge is -2.03. The van der Waals surface area contributed by atoms with Gasteiger partial charge in [-0.2, -0.15) is 0 Å². The number of hydrogen-bond donors (Lipinski definition) is 0. The van der Waals surface area contributed by atoms with Gasteiger partial charge in [-0.1, -0.05) is 65.5 Å². The van der Waals surface area contributed by atoms with Gasteiger partial charge in [-0.05, 0) is 6.07 Å². The van der Waals surface area contributed by atoms with E-state index in [2.05, 4.69) is 42.1 Å². The van der Waals surface area contributed by atoms with Gasteiger partial charge in [0.05, 0.1) is 7.11 Å². The third-order valence-electron chi connectivity index (χ3n) is 2.43. The van der Waals surface area contributed by atoms with Crippen LogP contribution in [0.4, 0.5) is 0 Å². The van der Waals surface area contributed by atoms with Crippen molar-refractivity contribution in [1.82, 2.24) is 0 Å². The molecule has 2 heteroatoms. The second-order valence-corrected chi connectivity index (χ2v) is 4.79. The molecule has 0 saturated heterocycles. The molecule has 0 amide bonds. The van der Waals surface area contributed by atoms with Crippen LogP contribution in [0.5, 0.6) is 5.75 Å². The molecule has 17 heavy (non-hydrogen) atoms. The second kappa shape index (κ2) is 6.06. The second-order valence-electron chi connectivity index (χ2n) is 3.59. The third kappa shape index (κ3) is 3.33. The van der Waals surface area contributed by atoms with Gasteiger partial charge in [0, 0.05) is 5.56 Å². The highest BCUT2D eigenvalue weighted by Gasteiger charge is 1.96. The summed E-state index contributed by atoms with van der Waals surface area (Å²) in [4.78, 5) is 0. The zero-order valence-corrected chi connectivity index (χ0v) is 10.8. The summed E-state index contributed by atoms with van der Waals surface area (Å²) in [6, 6.07) is 18.5. The molecular weight excluding hydrogens is 224 g/mol. The van der Waals surface area contributed by atoms with Gasteiger partial charge in [0.1, 0.15) is 15.3 Å². The summed E-state index contributed by atoms with van der Waals surface area (Å²) < 4.78 is 5.30. The Hall–Kier alpha value is -1.80. The molecule has 2 rings (SSSR count). The predicted molar refractivity (Wildman–Crippen MR) is 73.9 cm³/mol. The van der Waals surface area contributed by atoms with Crippen molar-refractivity contribution in [2.24, 2.45) is 0 Å². The summed E-state index contributed by atoms with van der Waals surface area (Å²) in [6.45, 7) is 0. The standard InChI is InChI=1S/C15H14OSi/c1-16-15-10-6-5-7-13(15)11-12-17-14-8-3-2-4-9-14/h2-12H,1H3/b12-11-. The van der Waals surface area contributed by atoms with Crippen molar-refractivity contribution < 1.29 is 4.74 Å². The van der Waals surface area contributed by atoms with Gasteiger partial charge in [0.2, 0.25) is 0 Å². The Morgan fingerprint density at radius 3 is 2.41 bits per heavy atom. The van der Waals surface area contributed by atoms with Gasteiger partial charge < -0.3 is 4.74 Å². The molecule has 2 aromatic carbocycles. The zero-order valence-electron chi connectivity index (χ0n) is 9.76. The molecule has 0 aliphatic rings. The van der Waals surface area contributed by atoms with Crippen LogP contribution >= 0.6 is 0 Å². The normalized spacial score (nSPS) is 10.6. The Labute approximate surface area is 105 Å². The zero-order chi connectivity index (χ0) is 11.9.